The molecule has 1 fully saturated rings. The van der Waals surface area contributed by atoms with Gasteiger partial charge in [0.2, 0.25) is 5.91 Å². The third-order valence-corrected chi connectivity index (χ3v) is 5.81. The van der Waals surface area contributed by atoms with Crippen molar-refractivity contribution >= 4 is 17.2 Å². The van der Waals surface area contributed by atoms with Crippen LogP contribution in [0.1, 0.15) is 43.5 Å². The van der Waals surface area contributed by atoms with Gasteiger partial charge in [0.15, 0.2) is 0 Å². The zero-order chi connectivity index (χ0) is 14.9. The number of nitrogens with two attached hydrogens (primary N) is 1. The number of nitrogens with one attached hydrogen (secondary N) is 1. The highest BCUT2D eigenvalue weighted by atomic mass is 32.1. The lowest BCUT2D eigenvalue weighted by atomic mass is 9.61. The molecule has 0 aliphatic heterocycles. The summed E-state index contributed by atoms with van der Waals surface area (Å²) in [6.07, 6.45) is 3.65. The summed E-state index contributed by atoms with van der Waals surface area (Å²) in [5, 5.41) is 4.01. The fourth-order valence-corrected chi connectivity index (χ4v) is 3.82. The molecule has 1 saturated carbocycles. The number of nitrogens with zero attached hydrogens (tertiary/aromatic N) is 1. The van der Waals surface area contributed by atoms with Crippen LogP contribution in [-0.2, 0) is 11.3 Å². The zero-order valence-corrected chi connectivity index (χ0v) is 13.6. The molecule has 1 aromatic heterocycles. The summed E-state index contributed by atoms with van der Waals surface area (Å²) in [5.41, 5.74) is 6.09. The van der Waals surface area contributed by atoms with Crippen molar-refractivity contribution in [3.8, 4) is 0 Å². The molecule has 2 rings (SSSR count). The molecule has 0 saturated heterocycles. The molecule has 1 aliphatic rings. The van der Waals surface area contributed by atoms with Crippen LogP contribution >= 0.6 is 11.3 Å². The van der Waals surface area contributed by atoms with Gasteiger partial charge in [-0.25, -0.2) is 4.98 Å². The predicted molar refractivity (Wildman–Crippen MR) is 82.3 cm³/mol. The zero-order valence-electron chi connectivity index (χ0n) is 12.8. The molecule has 3 N–H and O–H groups in total. The minimum absolute atomic E-state index is 0.0401. The molecule has 20 heavy (non-hydrogen) atoms. The first-order chi connectivity index (χ1) is 9.32. The first kappa shape index (κ1) is 15.4. The second-order valence-corrected chi connectivity index (χ2v) is 7.81. The average Bonchev–Trinajstić information content (AvgIpc) is 2.79. The number of amides is 1. The molecule has 3 unspecified atom stereocenters. The van der Waals surface area contributed by atoms with Crippen LogP contribution in [0.3, 0.4) is 0 Å². The van der Waals surface area contributed by atoms with E-state index in [4.69, 9.17) is 5.73 Å². The van der Waals surface area contributed by atoms with Crippen molar-refractivity contribution in [3.63, 3.8) is 0 Å². The molecule has 0 radical (unpaired) electrons. The van der Waals surface area contributed by atoms with E-state index in [-0.39, 0.29) is 23.3 Å². The minimum atomic E-state index is -0.0550. The molecule has 1 aromatic rings. The van der Waals surface area contributed by atoms with E-state index in [1.54, 1.807) is 11.3 Å². The van der Waals surface area contributed by atoms with E-state index in [1.807, 2.05) is 13.1 Å². The van der Waals surface area contributed by atoms with Crippen LogP contribution < -0.4 is 11.1 Å². The standard InChI is InChI=1S/C15H25N3OS/c1-9-7-17-13(20-9)8-18-14(19)11-5-6-12(16)10(2)15(11,3)4/h7,10-12H,5-6,8,16H2,1-4H3,(H,18,19). The Hall–Kier alpha value is -0.940. The van der Waals surface area contributed by atoms with Crippen LogP contribution in [0.25, 0.3) is 0 Å². The third kappa shape index (κ3) is 3.04. The number of carbonyl (C=O) groups excluding carboxylic acids is 1. The number of aryl methyl sites for hydroxylation is 1. The maximum absolute atomic E-state index is 12.5. The SMILES string of the molecule is Cc1cnc(CNC(=O)C2CCC(N)C(C)C2(C)C)s1. The Bertz CT molecular complexity index is 483. The molecular formula is C15H25N3OS. The monoisotopic (exact) mass is 295 g/mol. The Kier molecular flexibility index (Phi) is 4.49. The van der Waals surface area contributed by atoms with Crippen molar-refractivity contribution in [1.29, 1.82) is 0 Å². The van der Waals surface area contributed by atoms with Crippen LogP contribution in [0.5, 0.6) is 0 Å². The van der Waals surface area contributed by atoms with Crippen LogP contribution in [-0.4, -0.2) is 16.9 Å². The molecule has 1 aliphatic carbocycles. The number of aromatic nitrogens is 1. The van der Waals surface area contributed by atoms with Crippen LogP contribution in [0.4, 0.5) is 0 Å². The summed E-state index contributed by atoms with van der Waals surface area (Å²) >= 11 is 1.63. The van der Waals surface area contributed by atoms with E-state index >= 15 is 0 Å². The summed E-state index contributed by atoms with van der Waals surface area (Å²) in [5.74, 6) is 0.536. The molecule has 1 heterocycles. The second kappa shape index (κ2) is 5.82. The lowest BCUT2D eigenvalue weighted by Gasteiger charge is -2.46. The van der Waals surface area contributed by atoms with Gasteiger partial charge in [-0.15, -0.1) is 11.3 Å². The van der Waals surface area contributed by atoms with Crippen LogP contribution in [0.15, 0.2) is 6.20 Å². The molecule has 3 atom stereocenters. The van der Waals surface area contributed by atoms with Crippen molar-refractivity contribution in [1.82, 2.24) is 10.3 Å². The van der Waals surface area contributed by atoms with E-state index in [2.05, 4.69) is 31.1 Å². The highest BCUT2D eigenvalue weighted by Crippen LogP contribution is 2.44. The van der Waals surface area contributed by atoms with Gasteiger partial charge in [-0.2, -0.15) is 0 Å². The van der Waals surface area contributed by atoms with Crippen molar-refractivity contribution < 1.29 is 4.79 Å². The normalized spacial score (nSPS) is 29.1. The molecule has 112 valence electrons. The predicted octanol–water partition coefficient (Wildman–Crippen LogP) is 2.47. The first-order valence-electron chi connectivity index (χ1n) is 7.27. The Balaban J connectivity index is 1.98. The number of thiazole rings is 1. The Morgan fingerprint density at radius 2 is 2.25 bits per heavy atom. The van der Waals surface area contributed by atoms with E-state index in [1.165, 1.54) is 4.88 Å². The fourth-order valence-electron chi connectivity index (χ4n) is 3.09. The summed E-state index contributed by atoms with van der Waals surface area (Å²) in [6.45, 7) is 9.04. The van der Waals surface area contributed by atoms with Gasteiger partial charge in [0.25, 0.3) is 0 Å². The summed E-state index contributed by atoms with van der Waals surface area (Å²) in [6, 6.07) is 0.204. The molecule has 0 spiro atoms. The Labute approximate surface area is 125 Å². The number of rotatable bonds is 3. The quantitative estimate of drug-likeness (QED) is 0.900. The maximum Gasteiger partial charge on any atom is 0.224 e. The fraction of sp³-hybridized carbons (Fsp3) is 0.733. The van der Waals surface area contributed by atoms with Gasteiger partial charge < -0.3 is 11.1 Å². The van der Waals surface area contributed by atoms with Crippen molar-refractivity contribution in [2.75, 3.05) is 0 Å². The van der Waals surface area contributed by atoms with Crippen molar-refractivity contribution in [2.24, 2.45) is 23.0 Å². The van der Waals surface area contributed by atoms with Crippen LogP contribution in [0, 0.1) is 24.2 Å². The van der Waals surface area contributed by atoms with E-state index < -0.39 is 0 Å². The van der Waals surface area contributed by atoms with Crippen molar-refractivity contribution in [3.05, 3.63) is 16.1 Å². The number of hydrogen-bond acceptors (Lipinski definition) is 4. The molecular weight excluding hydrogens is 270 g/mol. The van der Waals surface area contributed by atoms with Gasteiger partial charge in [0.05, 0.1) is 6.54 Å². The van der Waals surface area contributed by atoms with E-state index in [0.29, 0.717) is 12.5 Å². The second-order valence-electron chi connectivity index (χ2n) is 6.49. The molecule has 0 bridgehead atoms. The number of hydrogen-bond donors (Lipinski definition) is 2. The average molecular weight is 295 g/mol. The summed E-state index contributed by atoms with van der Waals surface area (Å²) < 4.78 is 0. The number of carbonyl (C=O) groups is 1. The highest BCUT2D eigenvalue weighted by molar-refractivity contribution is 7.11. The summed E-state index contributed by atoms with van der Waals surface area (Å²) in [7, 11) is 0. The van der Waals surface area contributed by atoms with Gasteiger partial charge in [-0.05, 0) is 31.1 Å². The smallest absolute Gasteiger partial charge is 0.224 e. The summed E-state index contributed by atoms with van der Waals surface area (Å²) in [4.78, 5) is 17.9. The molecule has 5 heteroatoms. The van der Waals surface area contributed by atoms with Gasteiger partial charge in [0, 0.05) is 23.0 Å². The molecule has 0 aromatic carbocycles. The highest BCUT2D eigenvalue weighted by Gasteiger charge is 2.44. The van der Waals surface area contributed by atoms with Crippen molar-refractivity contribution in [2.45, 2.75) is 53.1 Å². The van der Waals surface area contributed by atoms with E-state index in [0.717, 1.165) is 17.8 Å². The topological polar surface area (TPSA) is 68.0 Å². The van der Waals surface area contributed by atoms with Gasteiger partial charge in [0.1, 0.15) is 5.01 Å². The maximum atomic E-state index is 12.5. The Morgan fingerprint density at radius 3 is 2.85 bits per heavy atom. The third-order valence-electron chi connectivity index (χ3n) is 4.90. The van der Waals surface area contributed by atoms with Crippen LogP contribution in [0.2, 0.25) is 0 Å². The lowest BCUT2D eigenvalue weighted by molar-refractivity contribution is -0.132. The lowest BCUT2D eigenvalue weighted by Crippen LogP contribution is -2.51. The van der Waals surface area contributed by atoms with E-state index in [9.17, 15) is 4.79 Å². The van der Waals surface area contributed by atoms with Gasteiger partial charge in [-0.3, -0.25) is 4.79 Å². The largest absolute Gasteiger partial charge is 0.349 e. The van der Waals surface area contributed by atoms with Gasteiger partial charge >= 0.3 is 0 Å². The first-order valence-corrected chi connectivity index (χ1v) is 8.08. The molecule has 1 amide bonds. The Morgan fingerprint density at radius 1 is 1.55 bits per heavy atom. The van der Waals surface area contributed by atoms with Gasteiger partial charge in [-0.1, -0.05) is 20.8 Å². The minimum Gasteiger partial charge on any atom is -0.349 e. The molecule has 4 nitrogen and oxygen atoms in total.